The normalized spacial score (nSPS) is 17.2. The molecule has 3 unspecified atom stereocenters. The summed E-state index contributed by atoms with van der Waals surface area (Å²) in [5.74, 6) is 1.96. The first-order valence-electron chi connectivity index (χ1n) is 5.67. The average Bonchev–Trinajstić information content (AvgIpc) is 2.21. The van der Waals surface area contributed by atoms with Gasteiger partial charge in [0, 0.05) is 0 Å². The molecular formula is C14H24. The van der Waals surface area contributed by atoms with Gasteiger partial charge in [-0.1, -0.05) is 46.3 Å². The molecule has 14 heavy (non-hydrogen) atoms. The van der Waals surface area contributed by atoms with Crippen LogP contribution in [0.2, 0.25) is 0 Å². The van der Waals surface area contributed by atoms with Crippen LogP contribution in [0.15, 0.2) is 30.0 Å². The molecular weight excluding hydrogens is 168 g/mol. The molecule has 0 rings (SSSR count). The van der Waals surface area contributed by atoms with Gasteiger partial charge in [0.1, 0.15) is 0 Å². The Hall–Kier alpha value is -0.740. The maximum Gasteiger partial charge on any atom is -0.000594 e. The van der Waals surface area contributed by atoms with Gasteiger partial charge in [0.05, 0.1) is 0 Å². The Morgan fingerprint density at radius 1 is 1.14 bits per heavy atom. The molecule has 0 aliphatic carbocycles. The zero-order valence-electron chi connectivity index (χ0n) is 10.2. The molecule has 0 N–H and O–H groups in total. The van der Waals surface area contributed by atoms with Gasteiger partial charge in [-0.05, 0) is 36.8 Å². The van der Waals surface area contributed by atoms with Crippen LogP contribution in [0.1, 0.15) is 41.0 Å². The van der Waals surface area contributed by atoms with Crippen LogP contribution in [0.5, 0.6) is 0 Å². The topological polar surface area (TPSA) is 0 Å². The second kappa shape index (κ2) is 7.64. The molecule has 0 aliphatic heterocycles. The third-order valence-electron chi connectivity index (χ3n) is 2.79. The summed E-state index contributed by atoms with van der Waals surface area (Å²) in [6.45, 7) is 11.0. The van der Waals surface area contributed by atoms with E-state index in [9.17, 15) is 0 Å². The molecule has 0 spiro atoms. The van der Waals surface area contributed by atoms with Crippen molar-refractivity contribution in [1.82, 2.24) is 0 Å². The molecule has 0 saturated heterocycles. The predicted molar refractivity (Wildman–Crippen MR) is 65.3 cm³/mol. The molecule has 0 amide bonds. The quantitative estimate of drug-likeness (QED) is 0.441. The maximum absolute atomic E-state index is 3.11. The second-order valence-corrected chi connectivity index (χ2v) is 4.11. The van der Waals surface area contributed by atoms with E-state index >= 15 is 0 Å². The highest BCUT2D eigenvalue weighted by atomic mass is 14.1. The Balaban J connectivity index is 4.09. The van der Waals surface area contributed by atoms with Gasteiger partial charge < -0.3 is 0 Å². The third-order valence-corrected chi connectivity index (χ3v) is 2.79. The van der Waals surface area contributed by atoms with E-state index in [1.54, 1.807) is 0 Å². The lowest BCUT2D eigenvalue weighted by molar-refractivity contribution is 0.445. The minimum Gasteiger partial charge on any atom is -0.129 e. The van der Waals surface area contributed by atoms with Crippen molar-refractivity contribution in [2.75, 3.05) is 0 Å². The number of hydrogen-bond donors (Lipinski definition) is 0. The van der Waals surface area contributed by atoms with E-state index in [-0.39, 0.29) is 0 Å². The van der Waals surface area contributed by atoms with Crippen LogP contribution in [-0.4, -0.2) is 0 Å². The van der Waals surface area contributed by atoms with E-state index in [1.807, 2.05) is 13.0 Å². The van der Waals surface area contributed by atoms with Gasteiger partial charge in [0.15, 0.2) is 0 Å². The van der Waals surface area contributed by atoms with Gasteiger partial charge in [0.2, 0.25) is 0 Å². The first-order chi connectivity index (χ1) is 6.61. The molecule has 3 atom stereocenters. The number of rotatable bonds is 5. The van der Waals surface area contributed by atoms with Crippen LogP contribution < -0.4 is 0 Å². The van der Waals surface area contributed by atoms with Crippen molar-refractivity contribution >= 4 is 0 Å². The van der Waals surface area contributed by atoms with Crippen molar-refractivity contribution in [2.45, 2.75) is 41.0 Å². The molecule has 0 radical (unpaired) electrons. The lowest BCUT2D eigenvalue weighted by Gasteiger charge is -2.13. The fraction of sp³-hybridized carbons (Fsp3) is 0.643. The molecule has 0 aromatic rings. The predicted octanol–water partition coefficient (Wildman–Crippen LogP) is 4.59. The largest absolute Gasteiger partial charge is 0.129 e. The molecule has 0 saturated carbocycles. The van der Waals surface area contributed by atoms with Gasteiger partial charge in [-0.15, -0.1) is 5.73 Å². The van der Waals surface area contributed by atoms with E-state index in [2.05, 4.69) is 51.7 Å². The fourth-order valence-electron chi connectivity index (χ4n) is 1.22. The van der Waals surface area contributed by atoms with E-state index in [4.69, 9.17) is 0 Å². The first-order valence-corrected chi connectivity index (χ1v) is 5.67. The van der Waals surface area contributed by atoms with Crippen molar-refractivity contribution in [1.29, 1.82) is 0 Å². The highest BCUT2D eigenvalue weighted by molar-refractivity contribution is 5.00. The molecule has 0 fully saturated rings. The van der Waals surface area contributed by atoms with E-state index in [0.29, 0.717) is 11.8 Å². The van der Waals surface area contributed by atoms with Gasteiger partial charge >= 0.3 is 0 Å². The van der Waals surface area contributed by atoms with Crippen molar-refractivity contribution in [3.8, 4) is 0 Å². The molecule has 0 heteroatoms. The Bertz CT molecular complexity index is 216. The highest BCUT2D eigenvalue weighted by Gasteiger charge is 2.05. The minimum absolute atomic E-state index is 0.498. The zero-order valence-corrected chi connectivity index (χ0v) is 10.2. The maximum atomic E-state index is 3.11. The molecule has 0 aromatic heterocycles. The lowest BCUT2D eigenvalue weighted by atomic mass is 9.92. The van der Waals surface area contributed by atoms with E-state index < -0.39 is 0 Å². The van der Waals surface area contributed by atoms with Gasteiger partial charge in [-0.3, -0.25) is 0 Å². The molecule has 0 nitrogen and oxygen atoms in total. The second-order valence-electron chi connectivity index (χ2n) is 4.11. The zero-order chi connectivity index (χ0) is 11.0. The van der Waals surface area contributed by atoms with Gasteiger partial charge in [-0.2, -0.15) is 0 Å². The highest BCUT2D eigenvalue weighted by Crippen LogP contribution is 2.16. The Labute approximate surface area is 89.4 Å². The van der Waals surface area contributed by atoms with Crippen LogP contribution in [-0.2, 0) is 0 Å². The van der Waals surface area contributed by atoms with Gasteiger partial charge in [-0.25, -0.2) is 0 Å². The summed E-state index contributed by atoms with van der Waals surface area (Å²) >= 11 is 0. The summed E-state index contributed by atoms with van der Waals surface area (Å²) in [5.41, 5.74) is 3.11. The summed E-state index contributed by atoms with van der Waals surface area (Å²) in [7, 11) is 0. The van der Waals surface area contributed by atoms with Crippen LogP contribution in [0, 0.1) is 17.8 Å². The van der Waals surface area contributed by atoms with Crippen LogP contribution in [0.3, 0.4) is 0 Å². The fourth-order valence-corrected chi connectivity index (χ4v) is 1.22. The molecule has 80 valence electrons. The molecule has 0 heterocycles. The Morgan fingerprint density at radius 2 is 1.79 bits per heavy atom. The van der Waals surface area contributed by atoms with E-state index in [0.717, 1.165) is 5.92 Å². The first kappa shape index (κ1) is 13.3. The van der Waals surface area contributed by atoms with Crippen molar-refractivity contribution in [3.63, 3.8) is 0 Å². The number of allylic oxidation sites excluding steroid dienone is 3. The van der Waals surface area contributed by atoms with E-state index in [1.165, 1.54) is 6.42 Å². The average molecular weight is 192 g/mol. The monoisotopic (exact) mass is 192 g/mol. The Kier molecular flexibility index (Phi) is 7.24. The Morgan fingerprint density at radius 3 is 2.29 bits per heavy atom. The van der Waals surface area contributed by atoms with Gasteiger partial charge in [0.25, 0.3) is 0 Å². The SMILES string of the molecule is CC=C=CC(C)C=CC(C)C(C)CC. The minimum atomic E-state index is 0.498. The van der Waals surface area contributed by atoms with Crippen molar-refractivity contribution in [2.24, 2.45) is 17.8 Å². The molecule has 0 bridgehead atoms. The summed E-state index contributed by atoms with van der Waals surface area (Å²) < 4.78 is 0. The molecule has 0 aliphatic rings. The summed E-state index contributed by atoms with van der Waals surface area (Å²) in [4.78, 5) is 0. The van der Waals surface area contributed by atoms with Crippen LogP contribution in [0.4, 0.5) is 0 Å². The molecule has 0 aromatic carbocycles. The standard InChI is InChI=1S/C14H24/c1-6-8-9-12(3)10-11-14(5)13(4)7-2/h6,9-14H,7H2,1-5H3. The van der Waals surface area contributed by atoms with Crippen molar-refractivity contribution in [3.05, 3.63) is 30.0 Å². The number of hydrogen-bond acceptors (Lipinski definition) is 0. The summed E-state index contributed by atoms with van der Waals surface area (Å²) in [5, 5.41) is 0. The summed E-state index contributed by atoms with van der Waals surface area (Å²) in [6.07, 6.45) is 9.90. The smallest absolute Gasteiger partial charge is 0.000594 e. The van der Waals surface area contributed by atoms with Crippen LogP contribution in [0.25, 0.3) is 0 Å². The lowest BCUT2D eigenvalue weighted by Crippen LogP contribution is -2.03. The van der Waals surface area contributed by atoms with Crippen molar-refractivity contribution < 1.29 is 0 Å². The van der Waals surface area contributed by atoms with Crippen LogP contribution >= 0.6 is 0 Å². The summed E-state index contributed by atoms with van der Waals surface area (Å²) in [6, 6.07) is 0. The third kappa shape index (κ3) is 5.83.